The predicted octanol–water partition coefficient (Wildman–Crippen LogP) is 3.23. The molecule has 2 aromatic carbocycles. The maximum atomic E-state index is 13.1. The number of aliphatic hydroxyl groups excluding tert-OH is 1. The van der Waals surface area contributed by atoms with Gasteiger partial charge in [0.1, 0.15) is 0 Å². The van der Waals surface area contributed by atoms with Crippen LogP contribution in [0.2, 0.25) is 0 Å². The number of aliphatic hydroxyl groups is 1. The fourth-order valence-corrected chi connectivity index (χ4v) is 3.57. The molecule has 3 unspecified atom stereocenters. The number of carbonyl (C=O) groups is 2. The lowest BCUT2D eigenvalue weighted by atomic mass is 9.89. The van der Waals surface area contributed by atoms with Crippen molar-refractivity contribution in [1.29, 1.82) is 0 Å². The highest BCUT2D eigenvalue weighted by atomic mass is 19.4. The molecule has 30 heavy (non-hydrogen) atoms. The number of hydrogen-bond donors (Lipinski definition) is 3. The monoisotopic (exact) mass is 420 g/mol. The second-order valence-electron chi connectivity index (χ2n) is 7.44. The average molecular weight is 420 g/mol. The Morgan fingerprint density at radius 2 is 1.80 bits per heavy atom. The molecule has 5 nitrogen and oxygen atoms in total. The molecule has 0 saturated heterocycles. The van der Waals surface area contributed by atoms with Gasteiger partial charge in [0.15, 0.2) is 6.10 Å². The quantitative estimate of drug-likeness (QED) is 0.644. The summed E-state index contributed by atoms with van der Waals surface area (Å²) in [6.45, 7) is 0. The number of alkyl halides is 3. The number of benzene rings is 2. The summed E-state index contributed by atoms with van der Waals surface area (Å²) in [5, 5.41) is 14.8. The van der Waals surface area contributed by atoms with E-state index < -0.39 is 30.1 Å². The number of hydrogen-bond acceptors (Lipinski definition) is 3. The summed E-state index contributed by atoms with van der Waals surface area (Å²) < 4.78 is 39.2. The van der Waals surface area contributed by atoms with Crippen LogP contribution < -0.4 is 10.6 Å². The van der Waals surface area contributed by atoms with Crippen LogP contribution in [-0.2, 0) is 22.4 Å². The van der Waals surface area contributed by atoms with Crippen molar-refractivity contribution in [3.63, 3.8) is 0 Å². The zero-order chi connectivity index (χ0) is 21.7. The van der Waals surface area contributed by atoms with Gasteiger partial charge in [-0.25, -0.2) is 0 Å². The summed E-state index contributed by atoms with van der Waals surface area (Å²) >= 11 is 0. The topological polar surface area (TPSA) is 78.4 Å². The standard InChI is InChI=1S/C22H23F3N2O3/c23-22(24,25)20(29)18(12-14-6-2-1-3-7-14)26-19(28)11-10-16-13-15-8-4-5-9-17(15)27-21(16)30/h1-9,16,18,20,29H,10-13H2,(H,26,28)(H,27,30). The number of carbonyl (C=O) groups excluding carboxylic acids is 2. The van der Waals surface area contributed by atoms with Gasteiger partial charge in [0.05, 0.1) is 6.04 Å². The molecule has 0 fully saturated rings. The largest absolute Gasteiger partial charge is 0.416 e. The Balaban J connectivity index is 1.61. The first-order valence-electron chi connectivity index (χ1n) is 9.71. The maximum Gasteiger partial charge on any atom is 0.416 e. The van der Waals surface area contributed by atoms with Gasteiger partial charge < -0.3 is 15.7 Å². The van der Waals surface area contributed by atoms with E-state index >= 15 is 0 Å². The molecule has 1 aliphatic rings. The molecule has 3 atom stereocenters. The number of halogens is 3. The minimum Gasteiger partial charge on any atom is -0.382 e. The molecule has 0 spiro atoms. The van der Waals surface area contributed by atoms with E-state index in [0.29, 0.717) is 12.0 Å². The zero-order valence-corrected chi connectivity index (χ0v) is 16.2. The third-order valence-electron chi connectivity index (χ3n) is 5.19. The van der Waals surface area contributed by atoms with Crippen LogP contribution >= 0.6 is 0 Å². The minimum absolute atomic E-state index is 0.115. The number of amides is 2. The fraction of sp³-hybridized carbons (Fsp3) is 0.364. The second-order valence-corrected chi connectivity index (χ2v) is 7.44. The van der Waals surface area contributed by atoms with E-state index in [1.165, 1.54) is 0 Å². The van der Waals surface area contributed by atoms with Gasteiger partial charge in [-0.05, 0) is 36.5 Å². The summed E-state index contributed by atoms with van der Waals surface area (Å²) in [7, 11) is 0. The van der Waals surface area contributed by atoms with E-state index in [4.69, 9.17) is 0 Å². The summed E-state index contributed by atoms with van der Waals surface area (Å²) in [5.41, 5.74) is 2.26. The first kappa shape index (κ1) is 21.8. The number of para-hydroxylation sites is 1. The van der Waals surface area contributed by atoms with Crippen LogP contribution in [0.1, 0.15) is 24.0 Å². The van der Waals surface area contributed by atoms with Crippen molar-refractivity contribution in [3.8, 4) is 0 Å². The Bertz CT molecular complexity index is 887. The van der Waals surface area contributed by atoms with Gasteiger partial charge in [0.2, 0.25) is 11.8 Å². The van der Waals surface area contributed by atoms with E-state index in [0.717, 1.165) is 11.3 Å². The van der Waals surface area contributed by atoms with E-state index in [1.54, 1.807) is 36.4 Å². The van der Waals surface area contributed by atoms with Gasteiger partial charge in [0.25, 0.3) is 0 Å². The molecule has 2 amide bonds. The predicted molar refractivity (Wildman–Crippen MR) is 106 cm³/mol. The SMILES string of the molecule is O=C(CCC1Cc2ccccc2NC1=O)NC(Cc1ccccc1)C(O)C(F)(F)F. The van der Waals surface area contributed by atoms with Crippen LogP contribution in [0.3, 0.4) is 0 Å². The summed E-state index contributed by atoms with van der Waals surface area (Å²) in [6, 6.07) is 14.2. The third-order valence-corrected chi connectivity index (χ3v) is 5.19. The Kier molecular flexibility index (Phi) is 6.77. The van der Waals surface area contributed by atoms with E-state index in [9.17, 15) is 27.9 Å². The van der Waals surface area contributed by atoms with Crippen molar-refractivity contribution < 1.29 is 27.9 Å². The lowest BCUT2D eigenvalue weighted by molar-refractivity contribution is -0.212. The van der Waals surface area contributed by atoms with Crippen LogP contribution in [0.4, 0.5) is 18.9 Å². The first-order valence-corrected chi connectivity index (χ1v) is 9.71. The van der Waals surface area contributed by atoms with Crippen molar-refractivity contribution in [2.45, 2.75) is 44.0 Å². The minimum atomic E-state index is -4.86. The Labute approximate surface area is 172 Å². The average Bonchev–Trinajstić information content (AvgIpc) is 2.71. The van der Waals surface area contributed by atoms with Crippen LogP contribution in [-0.4, -0.2) is 35.2 Å². The molecular weight excluding hydrogens is 397 g/mol. The lowest BCUT2D eigenvalue weighted by Gasteiger charge is -2.27. The first-order chi connectivity index (χ1) is 14.2. The normalized spacial score (nSPS) is 18.1. The molecule has 0 aliphatic carbocycles. The third kappa shape index (κ3) is 5.60. The van der Waals surface area contributed by atoms with E-state index in [-0.39, 0.29) is 25.2 Å². The molecular formula is C22H23F3N2O3. The Morgan fingerprint density at radius 1 is 1.13 bits per heavy atom. The van der Waals surface area contributed by atoms with Crippen molar-refractivity contribution in [2.24, 2.45) is 5.92 Å². The molecule has 160 valence electrons. The van der Waals surface area contributed by atoms with Gasteiger partial charge in [-0.2, -0.15) is 13.2 Å². The molecule has 8 heteroatoms. The van der Waals surface area contributed by atoms with E-state index in [1.807, 2.05) is 18.2 Å². The van der Waals surface area contributed by atoms with Gasteiger partial charge in [-0.15, -0.1) is 0 Å². The fourth-order valence-electron chi connectivity index (χ4n) is 3.57. The zero-order valence-electron chi connectivity index (χ0n) is 16.2. The Morgan fingerprint density at radius 3 is 2.50 bits per heavy atom. The van der Waals surface area contributed by atoms with E-state index in [2.05, 4.69) is 10.6 Å². The van der Waals surface area contributed by atoms with Gasteiger partial charge in [0, 0.05) is 18.0 Å². The summed E-state index contributed by atoms with van der Waals surface area (Å²) in [4.78, 5) is 24.6. The van der Waals surface area contributed by atoms with Crippen LogP contribution in [0.5, 0.6) is 0 Å². The van der Waals surface area contributed by atoms with Crippen LogP contribution in [0.25, 0.3) is 0 Å². The van der Waals surface area contributed by atoms with Gasteiger partial charge in [-0.3, -0.25) is 9.59 Å². The molecule has 3 rings (SSSR count). The highest BCUT2D eigenvalue weighted by Gasteiger charge is 2.44. The van der Waals surface area contributed by atoms with Crippen LogP contribution in [0, 0.1) is 5.92 Å². The second kappa shape index (κ2) is 9.30. The molecule has 1 aliphatic heterocycles. The van der Waals surface area contributed by atoms with Gasteiger partial charge in [-0.1, -0.05) is 48.5 Å². The van der Waals surface area contributed by atoms with Crippen molar-refractivity contribution in [1.82, 2.24) is 5.32 Å². The number of anilines is 1. The highest BCUT2D eigenvalue weighted by Crippen LogP contribution is 2.28. The van der Waals surface area contributed by atoms with Crippen molar-refractivity contribution >= 4 is 17.5 Å². The molecule has 2 aromatic rings. The number of rotatable bonds is 7. The van der Waals surface area contributed by atoms with Gasteiger partial charge >= 0.3 is 6.18 Å². The number of fused-ring (bicyclic) bond motifs is 1. The molecule has 0 aromatic heterocycles. The summed E-state index contributed by atoms with van der Waals surface area (Å²) in [6.07, 6.45) is -7.16. The smallest absolute Gasteiger partial charge is 0.382 e. The van der Waals surface area contributed by atoms with Crippen molar-refractivity contribution in [2.75, 3.05) is 5.32 Å². The molecule has 1 heterocycles. The maximum absolute atomic E-state index is 13.1. The molecule has 0 bridgehead atoms. The molecule has 0 saturated carbocycles. The molecule has 3 N–H and O–H groups in total. The highest BCUT2D eigenvalue weighted by molar-refractivity contribution is 5.96. The summed E-state index contributed by atoms with van der Waals surface area (Å²) in [5.74, 6) is -1.28. The molecule has 0 radical (unpaired) electrons. The Hall–Kier alpha value is -2.87. The van der Waals surface area contributed by atoms with Crippen LogP contribution in [0.15, 0.2) is 54.6 Å². The number of nitrogens with one attached hydrogen (secondary N) is 2. The lowest BCUT2D eigenvalue weighted by Crippen LogP contribution is -2.51. The van der Waals surface area contributed by atoms with Crippen molar-refractivity contribution in [3.05, 3.63) is 65.7 Å².